The van der Waals surface area contributed by atoms with Gasteiger partial charge in [0, 0.05) is 72.8 Å². The number of carbonyl (C=O) groups is 2. The number of carbonyl (C=O) groups excluding carboxylic acids is 2. The average Bonchev–Trinajstić information content (AvgIpc) is 3.66. The van der Waals surface area contributed by atoms with E-state index in [1.165, 1.54) is 32.2 Å². The lowest BCUT2D eigenvalue weighted by Crippen LogP contribution is -2.67. The number of para-hydroxylation sites is 2. The number of methoxy groups -OCH3 is 1. The summed E-state index contributed by atoms with van der Waals surface area (Å²) in [5.74, 6) is -1.82. The molecule has 0 saturated carbocycles. The summed E-state index contributed by atoms with van der Waals surface area (Å²) in [4.78, 5) is 71.3. The van der Waals surface area contributed by atoms with Gasteiger partial charge in [0.2, 0.25) is 11.6 Å². The summed E-state index contributed by atoms with van der Waals surface area (Å²) in [5.41, 5.74) is 2.83. The number of hydrogen-bond donors (Lipinski definition) is 2. The van der Waals surface area contributed by atoms with Crippen LogP contribution in [0.3, 0.4) is 0 Å². The third kappa shape index (κ3) is 11.2. The van der Waals surface area contributed by atoms with Crippen molar-refractivity contribution in [3.63, 3.8) is 0 Å². The van der Waals surface area contributed by atoms with E-state index in [-0.39, 0.29) is 82.0 Å². The topological polar surface area (TPSA) is 263 Å². The summed E-state index contributed by atoms with van der Waals surface area (Å²) in [5, 5.41) is 26.4. The zero-order valence-electron chi connectivity index (χ0n) is 42.4. The second-order valence-corrected chi connectivity index (χ2v) is 20.7. The molecule has 0 radical (unpaired) electrons. The minimum absolute atomic E-state index is 0.00498. The molecule has 2 aliphatic heterocycles. The zero-order chi connectivity index (χ0) is 54.0. The van der Waals surface area contributed by atoms with Crippen molar-refractivity contribution in [2.45, 2.75) is 63.6 Å². The minimum Gasteiger partial charge on any atom is -0.493 e. The first kappa shape index (κ1) is 54.0. The van der Waals surface area contributed by atoms with Gasteiger partial charge in [0.15, 0.2) is 22.6 Å². The number of non-ortho nitro benzene ring substituents is 1. The van der Waals surface area contributed by atoms with Crippen molar-refractivity contribution in [3.8, 4) is 17.2 Å². The van der Waals surface area contributed by atoms with E-state index in [4.69, 9.17) is 23.9 Å². The van der Waals surface area contributed by atoms with E-state index < -0.39 is 66.4 Å². The molecule has 0 aliphatic carbocycles. The fourth-order valence-electron chi connectivity index (χ4n) is 9.59. The molecule has 2 N–H and O–H groups in total. The average molecular weight is 1040 g/mol. The molecule has 74 heavy (non-hydrogen) atoms. The molecular formula is C52H58N7O14S+. The Kier molecular flexibility index (Phi) is 15.6. The van der Waals surface area contributed by atoms with Crippen molar-refractivity contribution in [2.75, 3.05) is 65.1 Å². The van der Waals surface area contributed by atoms with E-state index in [1.807, 2.05) is 87.1 Å². The van der Waals surface area contributed by atoms with Crippen molar-refractivity contribution in [1.82, 2.24) is 10.2 Å². The van der Waals surface area contributed by atoms with Gasteiger partial charge in [-0.05, 0) is 63.7 Å². The molecule has 0 spiro atoms. The van der Waals surface area contributed by atoms with E-state index in [9.17, 15) is 47.6 Å². The van der Waals surface area contributed by atoms with Gasteiger partial charge in [-0.15, -0.1) is 0 Å². The molecule has 0 fully saturated rings. The first-order chi connectivity index (χ1) is 34.8. The van der Waals surface area contributed by atoms with Crippen molar-refractivity contribution in [1.29, 1.82) is 0 Å². The molecule has 5 aromatic carbocycles. The van der Waals surface area contributed by atoms with Crippen LogP contribution in [-0.2, 0) is 30.5 Å². The van der Waals surface area contributed by atoms with Crippen LogP contribution in [-0.4, -0.2) is 122 Å². The van der Waals surface area contributed by atoms with E-state index in [2.05, 4.69) is 24.1 Å². The standard InChI is InChI=1S/C52H57N7O14S/c1-31(72-50(62)73-33-20-18-32(19-21-33)58(63)64)34-26-43(70-9)44(29-42(34)59(65)66)71-25-24-55(6)23-22-53-49(61)39(30-74(67,68)69)54-47-35(27-45-51(2,3)37-14-10-12-16-40(37)56(45)7)48(60)36(47)28-46-52(4,5)38-15-11-13-17-41(38)57(46)8/h10-21,26-29,31,39,45H,22-25,30H2,1-9H3,(H-,53,61,67,68,69)/p+1/b35-27-,36-28-,54-47?. The Bertz CT molecular complexity index is 3400. The molecular weight excluding hydrogens is 979 g/mol. The van der Waals surface area contributed by atoms with Crippen LogP contribution in [0.1, 0.15) is 57.4 Å². The largest absolute Gasteiger partial charge is 0.514 e. The number of likely N-dealkylation sites (N-methyl/N-ethyl adjacent to an activating group) is 2. The van der Waals surface area contributed by atoms with Crippen molar-refractivity contribution in [3.05, 3.63) is 148 Å². The predicted molar refractivity (Wildman–Crippen MR) is 275 cm³/mol. The number of hydrogen-bond acceptors (Lipinski definition) is 16. The number of nitrogens with one attached hydrogen (secondary N) is 1. The molecule has 3 unspecified atom stereocenters. The number of benzene rings is 4. The maximum atomic E-state index is 14.4. The molecule has 3 atom stereocenters. The monoisotopic (exact) mass is 1040 g/mol. The third-order valence-electron chi connectivity index (χ3n) is 13.6. The number of rotatable bonds is 19. The minimum atomic E-state index is -4.78. The van der Waals surface area contributed by atoms with Crippen LogP contribution >= 0.6 is 0 Å². The first-order valence-corrected chi connectivity index (χ1v) is 25.1. The van der Waals surface area contributed by atoms with Gasteiger partial charge < -0.3 is 34.1 Å². The Morgan fingerprint density at radius 2 is 1.62 bits per heavy atom. The predicted octanol–water partition coefficient (Wildman–Crippen LogP) is 4.37. The van der Waals surface area contributed by atoms with Crippen LogP contribution in [0.25, 0.3) is 12.2 Å². The van der Waals surface area contributed by atoms with Crippen molar-refractivity contribution >= 4 is 62.8 Å². The Hall–Kier alpha value is -7.82. The summed E-state index contributed by atoms with van der Waals surface area (Å²) in [6.07, 6.45) is 1.14. The molecule has 0 bridgehead atoms. The molecule has 22 heteroatoms. The summed E-state index contributed by atoms with van der Waals surface area (Å²) in [7, 11) is 2.09. The number of anilines is 1. The van der Waals surface area contributed by atoms with Crippen LogP contribution in [0.15, 0.2) is 94.7 Å². The maximum Gasteiger partial charge on any atom is 0.514 e. The third-order valence-corrected chi connectivity index (χ3v) is 14.4. The molecule has 390 valence electrons. The Morgan fingerprint density at radius 3 is 2.24 bits per heavy atom. The number of ether oxygens (including phenoxy) is 4. The van der Waals surface area contributed by atoms with Crippen LogP contribution < -0.4 is 45.7 Å². The summed E-state index contributed by atoms with van der Waals surface area (Å²) in [6, 6.07) is 20.9. The zero-order valence-corrected chi connectivity index (χ0v) is 43.2. The molecule has 1 amide bonds. The lowest BCUT2D eigenvalue weighted by atomic mass is 9.79. The van der Waals surface area contributed by atoms with Gasteiger partial charge in [0.1, 0.15) is 37.3 Å². The molecule has 2 heterocycles. The highest BCUT2D eigenvalue weighted by molar-refractivity contribution is 7.85. The van der Waals surface area contributed by atoms with Crippen LogP contribution in [0, 0.1) is 20.2 Å². The summed E-state index contributed by atoms with van der Waals surface area (Å²) >= 11 is 0. The van der Waals surface area contributed by atoms with Gasteiger partial charge in [0.05, 0.1) is 50.6 Å². The highest BCUT2D eigenvalue weighted by Gasteiger charge is 2.44. The maximum absolute atomic E-state index is 14.4. The van der Waals surface area contributed by atoms with Gasteiger partial charge in [-0.25, -0.2) is 4.79 Å². The Labute approximate surface area is 426 Å². The highest BCUT2D eigenvalue weighted by atomic mass is 32.2. The van der Waals surface area contributed by atoms with Gasteiger partial charge >= 0.3 is 6.16 Å². The van der Waals surface area contributed by atoms with E-state index in [1.54, 1.807) is 18.0 Å². The quantitative estimate of drug-likeness (QED) is 0.0290. The van der Waals surface area contributed by atoms with Gasteiger partial charge in [-0.2, -0.15) is 13.0 Å². The Morgan fingerprint density at radius 1 is 0.959 bits per heavy atom. The normalized spacial score (nSPS) is 17.3. The smallest absolute Gasteiger partial charge is 0.493 e. The number of amides is 1. The fourth-order valence-corrected chi connectivity index (χ4v) is 10.2. The van der Waals surface area contributed by atoms with E-state index in [0.29, 0.717) is 0 Å². The molecule has 5 aromatic rings. The number of nitro benzene ring substituents is 2. The molecule has 0 saturated heterocycles. The second-order valence-electron chi connectivity index (χ2n) is 19.2. The molecule has 2 aliphatic rings. The number of nitro groups is 2. The van der Waals surface area contributed by atoms with Crippen LogP contribution in [0.5, 0.6) is 17.2 Å². The van der Waals surface area contributed by atoms with Crippen LogP contribution in [0.4, 0.5) is 27.5 Å². The summed E-state index contributed by atoms with van der Waals surface area (Å²) < 4.78 is 58.9. The van der Waals surface area contributed by atoms with Crippen molar-refractivity contribution < 1.29 is 55.9 Å². The summed E-state index contributed by atoms with van der Waals surface area (Å²) in [6.45, 7) is 10.0. The van der Waals surface area contributed by atoms with Gasteiger partial charge in [-0.1, -0.05) is 50.2 Å². The number of fused-ring (bicyclic) bond motifs is 2. The SMILES string of the molecule is COc1cc(C(C)OC(=O)Oc2ccc([N+](=O)[O-])cc2)c([N+](=O)[O-])cc1OCCN(C)CCNC(=O)C(CS(=O)(=O)O)N=c1/c(=C/C2=[N+](C)c3ccccc3C2(C)C)c(=O)/c1=C\C1N(C)c2ccccc2C1(C)C. The van der Waals surface area contributed by atoms with Crippen LogP contribution in [0.2, 0.25) is 0 Å². The first-order valence-electron chi connectivity index (χ1n) is 23.5. The van der Waals surface area contributed by atoms with E-state index >= 15 is 0 Å². The molecule has 0 aromatic heterocycles. The number of nitrogens with zero attached hydrogens (tertiary/aromatic N) is 6. The van der Waals surface area contributed by atoms with E-state index in [0.717, 1.165) is 46.4 Å². The van der Waals surface area contributed by atoms with Gasteiger partial charge in [-0.3, -0.25) is 39.4 Å². The Balaban J connectivity index is 1.07. The molecule has 21 nitrogen and oxygen atoms in total. The highest BCUT2D eigenvalue weighted by Crippen LogP contribution is 2.45. The molecule has 7 rings (SSSR count). The lowest BCUT2D eigenvalue weighted by Gasteiger charge is -2.29. The van der Waals surface area contributed by atoms with Crippen molar-refractivity contribution in [2.24, 2.45) is 4.99 Å². The lowest BCUT2D eigenvalue weighted by molar-refractivity contribution is -0.400. The second kappa shape index (κ2) is 21.3. The fraction of sp³-hybridized carbons (Fsp3) is 0.365. The van der Waals surface area contributed by atoms with Gasteiger partial charge in [0.25, 0.3) is 21.5 Å².